The molecule has 6 aromatic rings. The molecule has 0 spiro atoms. The second-order valence-electron chi connectivity index (χ2n) is 18.8. The SMILES string of the molecule is C1CCOC1.CCCCCCOc1ccc(N(c2ccc(Br)cc2)c2ccc(OCCCCCC)cc2)cc1.CCCCCCOc1ccc(N(c2ccc(C=O)cc2)c2ccc(OCCCCCC)cc2)cc1. The van der Waals surface area contributed by atoms with Crippen molar-refractivity contribution in [1.29, 1.82) is 0 Å². The molecular formula is C65H85BrN2O6. The summed E-state index contributed by atoms with van der Waals surface area (Å²) in [6.07, 6.45) is 22.6. The Bertz CT molecular complexity index is 2210. The molecule has 6 aromatic carbocycles. The van der Waals surface area contributed by atoms with E-state index in [0.29, 0.717) is 5.56 Å². The van der Waals surface area contributed by atoms with Crippen LogP contribution in [0.15, 0.2) is 150 Å². The zero-order valence-electron chi connectivity index (χ0n) is 45.1. The molecule has 1 aliphatic rings. The predicted octanol–water partition coefficient (Wildman–Crippen LogP) is 19.5. The number of anilines is 6. The Morgan fingerprint density at radius 2 is 0.635 bits per heavy atom. The number of nitrogens with zero attached hydrogens (tertiary/aromatic N) is 2. The molecule has 0 aliphatic carbocycles. The minimum absolute atomic E-state index is 0.660. The van der Waals surface area contributed by atoms with Crippen LogP contribution in [-0.2, 0) is 4.74 Å². The summed E-state index contributed by atoms with van der Waals surface area (Å²) in [6, 6.07) is 49.2. The lowest BCUT2D eigenvalue weighted by Crippen LogP contribution is -2.10. The van der Waals surface area contributed by atoms with Gasteiger partial charge in [-0.3, -0.25) is 4.79 Å². The van der Waals surface area contributed by atoms with E-state index in [4.69, 9.17) is 23.7 Å². The molecule has 1 heterocycles. The quantitative estimate of drug-likeness (QED) is 0.0315. The highest BCUT2D eigenvalue weighted by atomic mass is 79.9. The molecule has 1 aliphatic heterocycles. The first-order valence-electron chi connectivity index (χ1n) is 27.9. The van der Waals surface area contributed by atoms with E-state index >= 15 is 0 Å². The Kier molecular flexibility index (Phi) is 28.9. The van der Waals surface area contributed by atoms with E-state index in [1.165, 1.54) is 89.9 Å². The number of benzene rings is 6. The number of carbonyl (C=O) groups is 1. The molecule has 1 saturated heterocycles. The fraction of sp³-hybridized carbons (Fsp3) is 0.431. The summed E-state index contributed by atoms with van der Waals surface area (Å²) in [4.78, 5) is 15.6. The van der Waals surface area contributed by atoms with Crippen molar-refractivity contribution in [2.24, 2.45) is 0 Å². The molecule has 7 rings (SSSR count). The largest absolute Gasteiger partial charge is 0.494 e. The van der Waals surface area contributed by atoms with Crippen LogP contribution in [0.4, 0.5) is 34.1 Å². The lowest BCUT2D eigenvalue weighted by atomic mass is 10.1. The molecule has 0 amide bonds. The van der Waals surface area contributed by atoms with Gasteiger partial charge in [0.1, 0.15) is 29.3 Å². The van der Waals surface area contributed by atoms with Crippen molar-refractivity contribution in [3.8, 4) is 23.0 Å². The number of hydrogen-bond donors (Lipinski definition) is 0. The van der Waals surface area contributed by atoms with Gasteiger partial charge in [0.05, 0.1) is 26.4 Å². The van der Waals surface area contributed by atoms with Gasteiger partial charge >= 0.3 is 0 Å². The van der Waals surface area contributed by atoms with E-state index in [1.54, 1.807) is 0 Å². The fourth-order valence-corrected chi connectivity index (χ4v) is 8.60. The third-order valence-electron chi connectivity index (χ3n) is 12.6. The van der Waals surface area contributed by atoms with Crippen LogP contribution in [0, 0.1) is 0 Å². The van der Waals surface area contributed by atoms with Crippen LogP contribution in [0.25, 0.3) is 0 Å². The summed E-state index contributed by atoms with van der Waals surface area (Å²) in [7, 11) is 0. The maximum atomic E-state index is 11.2. The molecule has 0 unspecified atom stereocenters. The van der Waals surface area contributed by atoms with Gasteiger partial charge in [-0.05, 0) is 184 Å². The van der Waals surface area contributed by atoms with Crippen molar-refractivity contribution >= 4 is 56.3 Å². The highest BCUT2D eigenvalue weighted by Crippen LogP contribution is 2.38. The van der Waals surface area contributed by atoms with Crippen LogP contribution in [-0.4, -0.2) is 45.9 Å². The van der Waals surface area contributed by atoms with Crippen molar-refractivity contribution in [1.82, 2.24) is 0 Å². The summed E-state index contributed by atoms with van der Waals surface area (Å²) in [5, 5.41) is 0. The Labute approximate surface area is 453 Å². The van der Waals surface area contributed by atoms with Gasteiger partial charge in [-0.25, -0.2) is 0 Å². The average molecular weight is 1070 g/mol. The molecule has 8 nitrogen and oxygen atoms in total. The summed E-state index contributed by atoms with van der Waals surface area (Å²) in [5.41, 5.74) is 6.97. The number of ether oxygens (including phenoxy) is 5. The monoisotopic (exact) mass is 1070 g/mol. The fourth-order valence-electron chi connectivity index (χ4n) is 8.34. The van der Waals surface area contributed by atoms with Crippen molar-refractivity contribution in [3.63, 3.8) is 0 Å². The normalized spacial score (nSPS) is 11.6. The van der Waals surface area contributed by atoms with Gasteiger partial charge in [-0.2, -0.15) is 0 Å². The third-order valence-corrected chi connectivity index (χ3v) is 13.2. The minimum Gasteiger partial charge on any atom is -0.494 e. The van der Waals surface area contributed by atoms with Gasteiger partial charge in [0.15, 0.2) is 0 Å². The summed E-state index contributed by atoms with van der Waals surface area (Å²) < 4.78 is 29.8. The van der Waals surface area contributed by atoms with Crippen LogP contribution in [0.5, 0.6) is 23.0 Å². The summed E-state index contributed by atoms with van der Waals surface area (Å²) in [5.74, 6) is 3.60. The van der Waals surface area contributed by atoms with Crippen molar-refractivity contribution in [3.05, 3.63) is 156 Å². The smallest absolute Gasteiger partial charge is 0.150 e. The van der Waals surface area contributed by atoms with Crippen molar-refractivity contribution < 1.29 is 28.5 Å². The first kappa shape index (κ1) is 59.1. The lowest BCUT2D eigenvalue weighted by molar-refractivity contribution is 0.112. The number of carbonyl (C=O) groups excluding carboxylic acids is 1. The number of unbranched alkanes of at least 4 members (excludes halogenated alkanes) is 12. The van der Waals surface area contributed by atoms with Gasteiger partial charge in [-0.1, -0.05) is 121 Å². The molecule has 74 heavy (non-hydrogen) atoms. The van der Waals surface area contributed by atoms with E-state index in [2.05, 4.69) is 150 Å². The lowest BCUT2D eigenvalue weighted by Gasteiger charge is -2.26. The zero-order valence-corrected chi connectivity index (χ0v) is 46.7. The minimum atomic E-state index is 0.660. The Morgan fingerprint density at radius 3 is 0.865 bits per heavy atom. The Hall–Kier alpha value is -5.77. The number of rotatable bonds is 31. The van der Waals surface area contributed by atoms with Crippen LogP contribution in [0.2, 0.25) is 0 Å². The molecular weight excluding hydrogens is 985 g/mol. The Balaban J connectivity index is 0.000000250. The van der Waals surface area contributed by atoms with Gasteiger partial charge in [0, 0.05) is 57.4 Å². The van der Waals surface area contributed by atoms with Gasteiger partial charge in [-0.15, -0.1) is 0 Å². The van der Waals surface area contributed by atoms with Crippen molar-refractivity contribution in [2.45, 2.75) is 143 Å². The number of aldehydes is 1. The van der Waals surface area contributed by atoms with Crippen LogP contribution in [0.1, 0.15) is 154 Å². The molecule has 0 N–H and O–H groups in total. The molecule has 0 atom stereocenters. The second kappa shape index (κ2) is 36.2. The number of halogens is 1. The van der Waals surface area contributed by atoms with E-state index in [0.717, 1.165) is 133 Å². The predicted molar refractivity (Wildman–Crippen MR) is 314 cm³/mol. The third kappa shape index (κ3) is 22.0. The van der Waals surface area contributed by atoms with Crippen LogP contribution in [0.3, 0.4) is 0 Å². The highest BCUT2D eigenvalue weighted by Gasteiger charge is 2.15. The van der Waals surface area contributed by atoms with E-state index in [-0.39, 0.29) is 0 Å². The average Bonchev–Trinajstić information content (AvgIpc) is 4.05. The molecule has 0 bridgehead atoms. The molecule has 9 heteroatoms. The first-order chi connectivity index (χ1) is 36.5. The molecule has 1 fully saturated rings. The zero-order chi connectivity index (χ0) is 52.3. The number of hydrogen-bond acceptors (Lipinski definition) is 8. The summed E-state index contributed by atoms with van der Waals surface area (Å²) >= 11 is 3.55. The summed E-state index contributed by atoms with van der Waals surface area (Å²) in [6.45, 7) is 13.9. The van der Waals surface area contributed by atoms with Crippen LogP contribution >= 0.6 is 15.9 Å². The van der Waals surface area contributed by atoms with E-state index in [9.17, 15) is 4.79 Å². The Morgan fingerprint density at radius 1 is 0.378 bits per heavy atom. The van der Waals surface area contributed by atoms with Crippen LogP contribution < -0.4 is 28.7 Å². The van der Waals surface area contributed by atoms with Gasteiger partial charge in [0.2, 0.25) is 0 Å². The maximum absolute atomic E-state index is 11.2. The van der Waals surface area contributed by atoms with Gasteiger partial charge in [0.25, 0.3) is 0 Å². The molecule has 0 radical (unpaired) electrons. The highest BCUT2D eigenvalue weighted by molar-refractivity contribution is 9.10. The van der Waals surface area contributed by atoms with Crippen molar-refractivity contribution in [2.75, 3.05) is 49.4 Å². The molecule has 398 valence electrons. The molecule has 0 aromatic heterocycles. The molecule has 0 saturated carbocycles. The first-order valence-corrected chi connectivity index (χ1v) is 28.7. The second-order valence-corrected chi connectivity index (χ2v) is 19.7. The van der Waals surface area contributed by atoms with E-state index < -0.39 is 0 Å². The topological polar surface area (TPSA) is 69.7 Å². The van der Waals surface area contributed by atoms with E-state index in [1.807, 2.05) is 48.5 Å². The standard InChI is InChI=1S/C31H39NO3.C30H38BrNO2.C4H8O/c1-3-5-7-9-23-34-30-19-15-28(16-20-30)32(27-13-11-26(25-33)12-14-27)29-17-21-31(22-18-29)35-24-10-8-6-4-2;1-3-5-7-9-23-33-29-19-15-27(16-20-29)32(26-13-11-25(31)12-14-26)28-17-21-30(22-18-28)34-24-10-8-6-4-2;1-2-4-5-3-1/h11-22,25H,3-10,23-24H2,1-2H3;11-22H,3-10,23-24H2,1-2H3;1-4H2. The van der Waals surface area contributed by atoms with Gasteiger partial charge < -0.3 is 33.5 Å². The maximum Gasteiger partial charge on any atom is 0.150 e.